The molecule has 26 heavy (non-hydrogen) atoms. The number of aromatic nitrogens is 1. The number of anilines is 1. The van der Waals surface area contributed by atoms with Gasteiger partial charge in [-0.25, -0.2) is 8.42 Å². The van der Waals surface area contributed by atoms with Crippen molar-refractivity contribution in [2.75, 3.05) is 23.1 Å². The van der Waals surface area contributed by atoms with Gasteiger partial charge in [0.1, 0.15) is 0 Å². The quantitative estimate of drug-likeness (QED) is 0.789. The minimum atomic E-state index is -3.23. The summed E-state index contributed by atoms with van der Waals surface area (Å²) >= 11 is 0. The summed E-state index contributed by atoms with van der Waals surface area (Å²) in [5.41, 5.74) is 2.30. The number of hydrogen-bond acceptors (Lipinski definition) is 4. The zero-order valence-electron chi connectivity index (χ0n) is 14.6. The van der Waals surface area contributed by atoms with Crippen LogP contribution in [0.25, 0.3) is 0 Å². The topological polar surface area (TPSA) is 79.4 Å². The molecule has 0 saturated carbocycles. The van der Waals surface area contributed by atoms with Crippen molar-refractivity contribution in [2.24, 2.45) is 0 Å². The first-order valence-electron chi connectivity index (χ1n) is 8.84. The van der Waals surface area contributed by atoms with Crippen molar-refractivity contribution < 1.29 is 13.2 Å². The van der Waals surface area contributed by atoms with Crippen LogP contribution in [-0.2, 0) is 16.4 Å². The van der Waals surface area contributed by atoms with Crippen LogP contribution < -0.4 is 9.62 Å². The number of carbonyl (C=O) groups excluding carboxylic acids is 1. The second kappa shape index (κ2) is 8.31. The maximum absolute atomic E-state index is 12.2. The average molecular weight is 373 g/mol. The van der Waals surface area contributed by atoms with Gasteiger partial charge in [-0.15, -0.1) is 0 Å². The van der Waals surface area contributed by atoms with Gasteiger partial charge in [-0.05, 0) is 61.6 Å². The van der Waals surface area contributed by atoms with E-state index in [4.69, 9.17) is 0 Å². The molecule has 3 rings (SSSR count). The number of carbonyl (C=O) groups is 1. The monoisotopic (exact) mass is 373 g/mol. The van der Waals surface area contributed by atoms with Gasteiger partial charge < -0.3 is 5.32 Å². The Labute approximate surface area is 154 Å². The fraction of sp³-hybridized carbons (Fsp3) is 0.368. The Morgan fingerprint density at radius 2 is 1.96 bits per heavy atom. The summed E-state index contributed by atoms with van der Waals surface area (Å²) in [6.45, 7) is 1.08. The normalized spacial score (nSPS) is 16.2. The molecule has 1 aromatic heterocycles. The van der Waals surface area contributed by atoms with Gasteiger partial charge in [0.25, 0.3) is 5.91 Å². The third-order valence-electron chi connectivity index (χ3n) is 4.42. The molecule has 6 nitrogen and oxygen atoms in total. The molecule has 7 heteroatoms. The molecule has 1 amide bonds. The van der Waals surface area contributed by atoms with E-state index in [-0.39, 0.29) is 11.7 Å². The standard InChI is InChI=1S/C19H23N3O3S/c23-19(21-12-4-6-16-5-3-11-20-15-16)17-7-9-18(10-8-17)22-13-1-2-14-26(22,24)25/h3,5,7-11,15H,1-2,4,6,12-14H2,(H,21,23). The molecule has 1 aliphatic rings. The fourth-order valence-electron chi connectivity index (χ4n) is 3.00. The molecule has 1 N–H and O–H groups in total. The first-order chi connectivity index (χ1) is 12.6. The van der Waals surface area contributed by atoms with Crippen molar-refractivity contribution in [3.05, 3.63) is 59.9 Å². The van der Waals surface area contributed by atoms with Crippen LogP contribution in [-0.4, -0.2) is 38.2 Å². The van der Waals surface area contributed by atoms with E-state index in [1.807, 2.05) is 18.3 Å². The SMILES string of the molecule is O=C(NCCCc1cccnc1)c1ccc(N2CCCCS2(=O)=O)cc1. The molecule has 1 aliphatic heterocycles. The molecule has 0 unspecified atom stereocenters. The molecular formula is C19H23N3O3S. The summed E-state index contributed by atoms with van der Waals surface area (Å²) in [6, 6.07) is 10.7. The number of hydrogen-bond donors (Lipinski definition) is 1. The summed E-state index contributed by atoms with van der Waals surface area (Å²) in [5, 5.41) is 2.89. The number of rotatable bonds is 6. The Morgan fingerprint density at radius 3 is 2.65 bits per heavy atom. The van der Waals surface area contributed by atoms with Crippen LogP contribution in [0, 0.1) is 0 Å². The molecule has 0 spiro atoms. The number of nitrogens with one attached hydrogen (secondary N) is 1. The Hall–Kier alpha value is -2.41. The van der Waals surface area contributed by atoms with Gasteiger partial charge >= 0.3 is 0 Å². The molecule has 0 atom stereocenters. The zero-order valence-corrected chi connectivity index (χ0v) is 15.4. The summed E-state index contributed by atoms with van der Waals surface area (Å²) < 4.78 is 25.7. The van der Waals surface area contributed by atoms with Crippen molar-refractivity contribution in [3.8, 4) is 0 Å². The summed E-state index contributed by atoms with van der Waals surface area (Å²) in [5.74, 6) is 0.0378. The highest BCUT2D eigenvalue weighted by Gasteiger charge is 2.25. The highest BCUT2D eigenvalue weighted by atomic mass is 32.2. The number of benzene rings is 1. The van der Waals surface area contributed by atoms with Crippen molar-refractivity contribution in [3.63, 3.8) is 0 Å². The van der Waals surface area contributed by atoms with Gasteiger partial charge in [0.2, 0.25) is 10.0 Å². The van der Waals surface area contributed by atoms with Crippen LogP contribution in [0.3, 0.4) is 0 Å². The molecule has 0 radical (unpaired) electrons. The predicted octanol–water partition coefficient (Wildman–Crippen LogP) is 2.37. The van der Waals surface area contributed by atoms with E-state index in [0.717, 1.165) is 24.8 Å². The highest BCUT2D eigenvalue weighted by Crippen LogP contribution is 2.23. The maximum atomic E-state index is 12.2. The summed E-state index contributed by atoms with van der Waals surface area (Å²) in [6.07, 6.45) is 6.83. The molecule has 0 aliphatic carbocycles. The minimum absolute atomic E-state index is 0.149. The van der Waals surface area contributed by atoms with Gasteiger partial charge in [-0.3, -0.25) is 14.1 Å². The molecule has 1 saturated heterocycles. The van der Waals surface area contributed by atoms with Crippen LogP contribution in [0.1, 0.15) is 35.2 Å². The van der Waals surface area contributed by atoms with Crippen LogP contribution in [0.2, 0.25) is 0 Å². The van der Waals surface area contributed by atoms with E-state index in [2.05, 4.69) is 10.3 Å². The van der Waals surface area contributed by atoms with E-state index in [9.17, 15) is 13.2 Å². The molecule has 2 heterocycles. The third-order valence-corrected chi connectivity index (χ3v) is 6.29. The second-order valence-corrected chi connectivity index (χ2v) is 8.38. The fourth-order valence-corrected chi connectivity index (χ4v) is 4.64. The van der Waals surface area contributed by atoms with E-state index in [1.54, 1.807) is 30.5 Å². The predicted molar refractivity (Wildman–Crippen MR) is 102 cm³/mol. The number of nitrogens with zero attached hydrogens (tertiary/aromatic N) is 2. The van der Waals surface area contributed by atoms with Crippen LogP contribution in [0.15, 0.2) is 48.8 Å². The Morgan fingerprint density at radius 1 is 1.15 bits per heavy atom. The van der Waals surface area contributed by atoms with Crippen molar-refractivity contribution >= 4 is 21.6 Å². The first-order valence-corrected chi connectivity index (χ1v) is 10.4. The minimum Gasteiger partial charge on any atom is -0.352 e. The zero-order chi connectivity index (χ0) is 18.4. The lowest BCUT2D eigenvalue weighted by Gasteiger charge is -2.28. The van der Waals surface area contributed by atoms with Crippen molar-refractivity contribution in [1.82, 2.24) is 10.3 Å². The van der Waals surface area contributed by atoms with E-state index in [0.29, 0.717) is 30.8 Å². The lowest BCUT2D eigenvalue weighted by molar-refractivity contribution is 0.0953. The highest BCUT2D eigenvalue weighted by molar-refractivity contribution is 7.92. The number of aryl methyl sites for hydroxylation is 1. The smallest absolute Gasteiger partial charge is 0.251 e. The molecule has 1 aromatic carbocycles. The average Bonchev–Trinajstić information content (AvgIpc) is 2.66. The molecule has 1 fully saturated rings. The van der Waals surface area contributed by atoms with Gasteiger partial charge in [-0.1, -0.05) is 6.07 Å². The lowest BCUT2D eigenvalue weighted by Crippen LogP contribution is -2.37. The van der Waals surface area contributed by atoms with Crippen LogP contribution >= 0.6 is 0 Å². The van der Waals surface area contributed by atoms with Crippen molar-refractivity contribution in [1.29, 1.82) is 0 Å². The van der Waals surface area contributed by atoms with E-state index < -0.39 is 10.0 Å². The van der Waals surface area contributed by atoms with E-state index >= 15 is 0 Å². The molecular weight excluding hydrogens is 350 g/mol. The first kappa shape index (κ1) is 18.4. The van der Waals surface area contributed by atoms with Gasteiger partial charge in [0.05, 0.1) is 11.4 Å². The van der Waals surface area contributed by atoms with Gasteiger partial charge in [0, 0.05) is 31.0 Å². The Balaban J connectivity index is 1.52. The Kier molecular flexibility index (Phi) is 5.88. The molecule has 2 aromatic rings. The van der Waals surface area contributed by atoms with Crippen LogP contribution in [0.5, 0.6) is 0 Å². The van der Waals surface area contributed by atoms with E-state index in [1.165, 1.54) is 4.31 Å². The second-order valence-electron chi connectivity index (χ2n) is 6.36. The summed E-state index contributed by atoms with van der Waals surface area (Å²) in [7, 11) is -3.23. The molecule has 138 valence electrons. The summed E-state index contributed by atoms with van der Waals surface area (Å²) in [4.78, 5) is 16.3. The van der Waals surface area contributed by atoms with Crippen molar-refractivity contribution in [2.45, 2.75) is 25.7 Å². The van der Waals surface area contributed by atoms with Gasteiger partial charge in [-0.2, -0.15) is 0 Å². The number of amides is 1. The van der Waals surface area contributed by atoms with Gasteiger partial charge in [0.15, 0.2) is 0 Å². The largest absolute Gasteiger partial charge is 0.352 e. The Bertz CT molecular complexity index is 836. The van der Waals surface area contributed by atoms with Crippen LogP contribution in [0.4, 0.5) is 5.69 Å². The molecule has 0 bridgehead atoms. The maximum Gasteiger partial charge on any atom is 0.251 e. The third kappa shape index (κ3) is 4.60. The number of sulfonamides is 1. The lowest BCUT2D eigenvalue weighted by atomic mass is 10.1. The number of pyridine rings is 1.